The third-order valence-corrected chi connectivity index (χ3v) is 7.69. The Bertz CT molecular complexity index is 1910. The van der Waals surface area contributed by atoms with Crippen LogP contribution in [0.25, 0.3) is 22.3 Å². The molecule has 6 rings (SSSR count). The Morgan fingerprint density at radius 3 is 1.94 bits per heavy atom. The van der Waals surface area contributed by atoms with Gasteiger partial charge in [-0.3, -0.25) is 0 Å². The summed E-state index contributed by atoms with van der Waals surface area (Å²) in [6, 6.07) is 20.7. The summed E-state index contributed by atoms with van der Waals surface area (Å²) in [6.07, 6.45) is 8.38. The minimum Gasteiger partial charge on any atom is -0.690 e. The standard InChI is InChI=1S/C19H19F2N2.C18H12ClFN3O2.Au/c1-3-22-13-23(4-2)19(15-7-11-17(21)12-8-15)18(22)14-5-9-16(20)10-6-14;1-3-6-25-17-8-12-15(9-16(17)24-2)21-10-22-18(12)23-11-4-5-14(20)13(19)7-11;/h5-13H,3-4H2,1-2H3;4-5,7-10H,6H2,2H3,(H,21,22,23);/q2*-1;. The Morgan fingerprint density at radius 2 is 1.43 bits per heavy atom. The molecule has 0 spiro atoms. The molecule has 5 aromatic rings. The quantitative estimate of drug-likeness (QED) is 0.0905. The number of rotatable bonds is 9. The molecule has 4 aromatic carbocycles. The van der Waals surface area contributed by atoms with Crippen LogP contribution in [-0.2, 0) is 22.4 Å². The van der Waals surface area contributed by atoms with Crippen LogP contribution in [0.4, 0.5) is 24.7 Å². The van der Waals surface area contributed by atoms with Crippen molar-refractivity contribution in [3.8, 4) is 17.4 Å². The van der Waals surface area contributed by atoms with Crippen molar-refractivity contribution < 1.29 is 45.0 Å². The van der Waals surface area contributed by atoms with Crippen molar-refractivity contribution in [1.29, 1.82) is 0 Å². The van der Waals surface area contributed by atoms with Gasteiger partial charge in [-0.25, -0.2) is 23.1 Å². The Hall–Kier alpha value is -4.66. The van der Waals surface area contributed by atoms with Gasteiger partial charge in [0, 0.05) is 50.9 Å². The summed E-state index contributed by atoms with van der Waals surface area (Å²) in [4.78, 5) is 12.7. The SMILES string of the molecule is CCN1[CH-]N(CC)C(c2ccc(F)cc2)=C1c1ccc(F)cc1.[Au].[C-]#CCOc1cc2c(Nc3ccc(F)c(Cl)c3)ncnc2cc1OC. The topological polar surface area (TPSA) is 62.8 Å². The van der Waals surface area contributed by atoms with Gasteiger partial charge >= 0.3 is 0 Å². The molecule has 0 bridgehead atoms. The molecule has 49 heavy (non-hydrogen) atoms. The first-order valence-electron chi connectivity index (χ1n) is 15.0. The second-order valence-corrected chi connectivity index (χ2v) is 10.8. The minimum absolute atomic E-state index is 0. The van der Waals surface area contributed by atoms with Gasteiger partial charge in [-0.2, -0.15) is 6.67 Å². The normalized spacial score (nSPS) is 12.2. The van der Waals surface area contributed by atoms with Crippen LogP contribution in [-0.4, -0.2) is 46.6 Å². The van der Waals surface area contributed by atoms with E-state index in [2.05, 4.69) is 51.5 Å². The number of hydrogen-bond acceptors (Lipinski definition) is 7. The van der Waals surface area contributed by atoms with E-state index in [-0.39, 0.29) is 45.6 Å². The van der Waals surface area contributed by atoms with Gasteiger partial charge in [-0.1, -0.05) is 35.9 Å². The number of hydrogen-bond donors (Lipinski definition) is 1. The van der Waals surface area contributed by atoms with Gasteiger partial charge in [0.2, 0.25) is 0 Å². The summed E-state index contributed by atoms with van der Waals surface area (Å²) in [6.45, 7) is 7.79. The molecule has 1 aliphatic rings. The van der Waals surface area contributed by atoms with E-state index >= 15 is 0 Å². The van der Waals surface area contributed by atoms with Crippen molar-refractivity contribution in [3.05, 3.63) is 132 Å². The third-order valence-electron chi connectivity index (χ3n) is 7.40. The number of aromatic nitrogens is 2. The van der Waals surface area contributed by atoms with E-state index in [1.165, 1.54) is 49.8 Å². The predicted molar refractivity (Wildman–Crippen MR) is 182 cm³/mol. The maximum Gasteiger partial charge on any atom is 0.163 e. The van der Waals surface area contributed by atoms with E-state index in [4.69, 9.17) is 27.5 Å². The average molecular weight is 867 g/mol. The summed E-state index contributed by atoms with van der Waals surface area (Å²) in [7, 11) is 1.52. The van der Waals surface area contributed by atoms with Crippen LogP contribution in [0.5, 0.6) is 11.5 Å². The number of benzene rings is 4. The molecule has 0 saturated heterocycles. The maximum atomic E-state index is 13.3. The first kappa shape index (κ1) is 37.2. The van der Waals surface area contributed by atoms with Crippen LogP contribution >= 0.6 is 11.6 Å². The summed E-state index contributed by atoms with van der Waals surface area (Å²) >= 11 is 5.81. The number of halogens is 4. The van der Waals surface area contributed by atoms with Crippen LogP contribution in [0, 0.1) is 36.5 Å². The van der Waals surface area contributed by atoms with Crippen LogP contribution < -0.4 is 14.8 Å². The van der Waals surface area contributed by atoms with Crippen molar-refractivity contribution in [1.82, 2.24) is 19.8 Å². The molecule has 1 aliphatic heterocycles. The fraction of sp³-hybridized carbons (Fsp3) is 0.162. The minimum atomic E-state index is -0.497. The fourth-order valence-corrected chi connectivity index (χ4v) is 5.30. The Labute approximate surface area is 304 Å². The molecule has 12 heteroatoms. The molecule has 1 aromatic heterocycles. The van der Waals surface area contributed by atoms with Crippen LogP contribution in [0.1, 0.15) is 25.0 Å². The van der Waals surface area contributed by atoms with Crippen molar-refractivity contribution in [2.45, 2.75) is 13.8 Å². The second-order valence-electron chi connectivity index (χ2n) is 10.4. The average Bonchev–Trinajstić information content (AvgIpc) is 3.48. The van der Waals surface area contributed by atoms with E-state index in [9.17, 15) is 13.2 Å². The van der Waals surface area contributed by atoms with Crippen LogP contribution in [0.2, 0.25) is 5.02 Å². The molecular weight excluding hydrogens is 836 g/mol. The zero-order chi connectivity index (χ0) is 34.2. The summed E-state index contributed by atoms with van der Waals surface area (Å²) < 4.78 is 50.6. The van der Waals surface area contributed by atoms with Gasteiger partial charge in [0.05, 0.1) is 17.6 Å². The van der Waals surface area contributed by atoms with E-state index in [1.807, 2.05) is 0 Å². The molecule has 2 heterocycles. The molecule has 0 aliphatic carbocycles. The van der Waals surface area contributed by atoms with Gasteiger partial charge in [-0.15, -0.1) is 0 Å². The number of nitrogens with one attached hydrogen (secondary N) is 1. The largest absolute Gasteiger partial charge is 0.690 e. The zero-order valence-electron chi connectivity index (χ0n) is 26.7. The molecule has 1 N–H and O–H groups in total. The van der Waals surface area contributed by atoms with Crippen LogP contribution in [0.15, 0.2) is 85.2 Å². The van der Waals surface area contributed by atoms with Crippen molar-refractivity contribution in [2.75, 3.05) is 32.1 Å². The molecular formula is C37H31AuClF3N5O2-2. The molecule has 0 unspecified atom stereocenters. The first-order chi connectivity index (χ1) is 23.3. The number of anilines is 2. The fourth-order valence-electron chi connectivity index (χ4n) is 5.12. The van der Waals surface area contributed by atoms with E-state index in [1.54, 1.807) is 42.5 Å². The summed E-state index contributed by atoms with van der Waals surface area (Å²) in [5.41, 5.74) is 5.13. The number of fused-ring (bicyclic) bond motifs is 1. The smallest absolute Gasteiger partial charge is 0.163 e. The van der Waals surface area contributed by atoms with Gasteiger partial charge in [0.25, 0.3) is 0 Å². The molecule has 0 saturated carbocycles. The van der Waals surface area contributed by atoms with Gasteiger partial charge < -0.3 is 36.9 Å². The number of methoxy groups -OCH3 is 1. The van der Waals surface area contributed by atoms with Crippen molar-refractivity contribution in [3.63, 3.8) is 0 Å². The Balaban J connectivity index is 0.000000217. The summed E-state index contributed by atoms with van der Waals surface area (Å²) in [5, 5.41) is 3.76. The number of ether oxygens (including phenoxy) is 2. The molecule has 1 radical (unpaired) electrons. The maximum absolute atomic E-state index is 13.3. The van der Waals surface area contributed by atoms with E-state index < -0.39 is 5.82 Å². The predicted octanol–water partition coefficient (Wildman–Crippen LogP) is 8.71. The first-order valence-corrected chi connectivity index (χ1v) is 15.4. The molecule has 0 amide bonds. The summed E-state index contributed by atoms with van der Waals surface area (Å²) in [5.74, 6) is 2.57. The van der Waals surface area contributed by atoms with E-state index in [0.717, 1.165) is 35.6 Å². The monoisotopic (exact) mass is 866 g/mol. The van der Waals surface area contributed by atoms with Crippen molar-refractivity contribution in [2.24, 2.45) is 0 Å². The third kappa shape index (κ3) is 8.69. The molecule has 0 fully saturated rings. The zero-order valence-corrected chi connectivity index (χ0v) is 29.6. The molecule has 0 atom stereocenters. The van der Waals surface area contributed by atoms with Crippen LogP contribution in [0.3, 0.4) is 0 Å². The Kier molecular flexibility index (Phi) is 13.0. The number of nitrogens with zero attached hydrogens (tertiary/aromatic N) is 4. The van der Waals surface area contributed by atoms with Gasteiger partial charge in [0.1, 0.15) is 36.2 Å². The molecule has 7 nitrogen and oxygen atoms in total. The Morgan fingerprint density at radius 1 is 0.837 bits per heavy atom. The van der Waals surface area contributed by atoms with Gasteiger partial charge in [0.15, 0.2) is 11.5 Å². The molecule has 257 valence electrons. The van der Waals surface area contributed by atoms with Gasteiger partial charge in [-0.05, 0) is 86.6 Å². The van der Waals surface area contributed by atoms with E-state index in [0.29, 0.717) is 33.9 Å². The van der Waals surface area contributed by atoms with Crippen molar-refractivity contribution >= 4 is 45.4 Å². The second kappa shape index (κ2) is 17.1.